The maximum absolute atomic E-state index is 11.2. The van der Waals surface area contributed by atoms with Crippen molar-refractivity contribution in [1.29, 1.82) is 0 Å². The number of piperidine rings is 1. The third-order valence-electron chi connectivity index (χ3n) is 2.52. The number of hydrogen-bond donors (Lipinski definition) is 1. The largest absolute Gasteiger partial charge is 0.352 e. The first-order valence-electron chi connectivity index (χ1n) is 5.09. The Balaban J connectivity index is 2.00. The third-order valence-corrected chi connectivity index (χ3v) is 2.52. The lowest BCUT2D eigenvalue weighted by Crippen LogP contribution is -2.43. The van der Waals surface area contributed by atoms with Crippen LogP contribution in [0, 0.1) is 0 Å². The molecular weight excluding hydrogens is 190 g/mol. The van der Waals surface area contributed by atoms with Crippen molar-refractivity contribution in [3.8, 4) is 0 Å². The number of rotatable bonds is 2. The molecule has 1 aliphatic rings. The monoisotopic (exact) mass is 203 g/mol. The minimum atomic E-state index is -0.146. The van der Waals surface area contributed by atoms with Crippen molar-refractivity contribution in [1.82, 2.24) is 5.32 Å². The maximum Gasteiger partial charge on any atom is 0.227 e. The van der Waals surface area contributed by atoms with Gasteiger partial charge in [0.2, 0.25) is 5.91 Å². The highest BCUT2D eigenvalue weighted by Crippen LogP contribution is 2.10. The Morgan fingerprint density at radius 2 is 1.93 bits per heavy atom. The standard InChI is InChI=1S/C12H13NO2/c14-11-7-10(13-12(15)8-11)6-9-4-2-1-3-5-9/h1-5,10H,6-8H2,(H,13,15)/t10-/m0/s1. The van der Waals surface area contributed by atoms with Crippen LogP contribution in [-0.2, 0) is 16.0 Å². The second kappa shape index (κ2) is 4.26. The summed E-state index contributed by atoms with van der Waals surface area (Å²) in [6.07, 6.45) is 1.24. The van der Waals surface area contributed by atoms with Crippen molar-refractivity contribution in [3.63, 3.8) is 0 Å². The molecular formula is C12H13NO2. The molecule has 1 aromatic rings. The van der Waals surface area contributed by atoms with Crippen molar-refractivity contribution >= 4 is 11.7 Å². The zero-order valence-corrected chi connectivity index (χ0v) is 8.40. The van der Waals surface area contributed by atoms with Crippen LogP contribution in [0.15, 0.2) is 30.3 Å². The first-order valence-corrected chi connectivity index (χ1v) is 5.09. The van der Waals surface area contributed by atoms with Crippen LogP contribution in [0.2, 0.25) is 0 Å². The van der Waals surface area contributed by atoms with Crippen LogP contribution < -0.4 is 5.32 Å². The fourth-order valence-electron chi connectivity index (χ4n) is 1.88. The van der Waals surface area contributed by atoms with Crippen LogP contribution >= 0.6 is 0 Å². The van der Waals surface area contributed by atoms with E-state index in [1.54, 1.807) is 0 Å². The summed E-state index contributed by atoms with van der Waals surface area (Å²) in [6.45, 7) is 0. The Labute approximate surface area is 88.5 Å². The quantitative estimate of drug-likeness (QED) is 0.731. The molecule has 78 valence electrons. The Morgan fingerprint density at radius 3 is 2.60 bits per heavy atom. The summed E-state index contributed by atoms with van der Waals surface area (Å²) >= 11 is 0. The second-order valence-corrected chi connectivity index (χ2v) is 3.87. The van der Waals surface area contributed by atoms with Crippen LogP contribution in [0.5, 0.6) is 0 Å². The van der Waals surface area contributed by atoms with Gasteiger partial charge in [-0.25, -0.2) is 0 Å². The average molecular weight is 203 g/mol. The zero-order valence-electron chi connectivity index (χ0n) is 8.40. The van der Waals surface area contributed by atoms with Crippen molar-refractivity contribution in [2.45, 2.75) is 25.3 Å². The number of benzene rings is 1. The molecule has 0 unspecified atom stereocenters. The number of nitrogens with one attached hydrogen (secondary N) is 1. The molecule has 1 fully saturated rings. The SMILES string of the molecule is O=C1CC(=O)N[C@@H](Cc2ccccc2)C1. The van der Waals surface area contributed by atoms with Crippen molar-refractivity contribution < 1.29 is 9.59 Å². The van der Waals surface area contributed by atoms with E-state index in [1.807, 2.05) is 30.3 Å². The minimum Gasteiger partial charge on any atom is -0.352 e. The molecule has 1 heterocycles. The van der Waals surface area contributed by atoms with Gasteiger partial charge in [0.25, 0.3) is 0 Å². The number of hydrogen-bond acceptors (Lipinski definition) is 2. The summed E-state index contributed by atoms with van der Waals surface area (Å²) in [6, 6.07) is 9.86. The molecule has 1 N–H and O–H groups in total. The van der Waals surface area contributed by atoms with Gasteiger partial charge < -0.3 is 5.32 Å². The lowest BCUT2D eigenvalue weighted by Gasteiger charge is -2.22. The van der Waals surface area contributed by atoms with Gasteiger partial charge in [0.05, 0.1) is 6.42 Å². The summed E-state index contributed by atoms with van der Waals surface area (Å²) in [5.41, 5.74) is 1.15. The molecule has 0 spiro atoms. The Morgan fingerprint density at radius 1 is 1.20 bits per heavy atom. The molecule has 3 nitrogen and oxygen atoms in total. The number of carbonyl (C=O) groups is 2. The highest BCUT2D eigenvalue weighted by Gasteiger charge is 2.24. The lowest BCUT2D eigenvalue weighted by atomic mass is 9.97. The van der Waals surface area contributed by atoms with Gasteiger partial charge in [-0.2, -0.15) is 0 Å². The average Bonchev–Trinajstić information content (AvgIpc) is 2.17. The van der Waals surface area contributed by atoms with E-state index >= 15 is 0 Å². The predicted octanol–water partition coefficient (Wildman–Crippen LogP) is 1.08. The third kappa shape index (κ3) is 2.65. The lowest BCUT2D eigenvalue weighted by molar-refractivity contribution is -0.131. The summed E-state index contributed by atoms with van der Waals surface area (Å²) in [5.74, 6) is -0.105. The van der Waals surface area contributed by atoms with E-state index in [1.165, 1.54) is 0 Å². The molecule has 1 aliphatic heterocycles. The molecule has 2 rings (SSSR count). The van der Waals surface area contributed by atoms with Gasteiger partial charge in [0.1, 0.15) is 5.78 Å². The molecule has 1 atom stereocenters. The van der Waals surface area contributed by atoms with Crippen LogP contribution in [0.1, 0.15) is 18.4 Å². The first kappa shape index (κ1) is 9.90. The summed E-state index contributed by atoms with van der Waals surface area (Å²) < 4.78 is 0. The van der Waals surface area contributed by atoms with Gasteiger partial charge in [0.15, 0.2) is 0 Å². The second-order valence-electron chi connectivity index (χ2n) is 3.87. The number of carbonyl (C=O) groups excluding carboxylic acids is 2. The number of amides is 1. The van der Waals surface area contributed by atoms with Crippen LogP contribution in [0.3, 0.4) is 0 Å². The van der Waals surface area contributed by atoms with E-state index < -0.39 is 0 Å². The maximum atomic E-state index is 11.2. The Kier molecular flexibility index (Phi) is 2.81. The van der Waals surface area contributed by atoms with E-state index in [4.69, 9.17) is 0 Å². The fraction of sp³-hybridized carbons (Fsp3) is 0.333. The molecule has 0 saturated carbocycles. The van der Waals surface area contributed by atoms with Gasteiger partial charge in [0, 0.05) is 12.5 Å². The first-order chi connectivity index (χ1) is 7.24. The van der Waals surface area contributed by atoms with Crippen LogP contribution in [0.25, 0.3) is 0 Å². The molecule has 0 aromatic heterocycles. The van der Waals surface area contributed by atoms with Crippen molar-refractivity contribution in [2.24, 2.45) is 0 Å². The highest BCUT2D eigenvalue weighted by molar-refractivity contribution is 6.00. The van der Waals surface area contributed by atoms with E-state index in [2.05, 4.69) is 5.32 Å². The molecule has 0 aliphatic carbocycles. The normalized spacial score (nSPS) is 21.2. The molecule has 1 aromatic carbocycles. The van der Waals surface area contributed by atoms with Gasteiger partial charge in [-0.15, -0.1) is 0 Å². The van der Waals surface area contributed by atoms with Crippen molar-refractivity contribution in [2.75, 3.05) is 0 Å². The minimum absolute atomic E-state index is 0.0267. The Hall–Kier alpha value is -1.64. The van der Waals surface area contributed by atoms with Gasteiger partial charge in [-0.3, -0.25) is 9.59 Å². The topological polar surface area (TPSA) is 46.2 Å². The predicted molar refractivity (Wildman–Crippen MR) is 56.3 cm³/mol. The van der Waals surface area contributed by atoms with E-state index in [0.29, 0.717) is 6.42 Å². The summed E-state index contributed by atoms with van der Waals surface area (Å²) in [7, 11) is 0. The summed E-state index contributed by atoms with van der Waals surface area (Å²) in [5, 5.41) is 2.84. The molecule has 1 saturated heterocycles. The van der Waals surface area contributed by atoms with E-state index in [9.17, 15) is 9.59 Å². The number of ketones is 1. The Bertz CT molecular complexity index is 356. The zero-order chi connectivity index (χ0) is 10.7. The van der Waals surface area contributed by atoms with Gasteiger partial charge in [-0.1, -0.05) is 30.3 Å². The van der Waals surface area contributed by atoms with Crippen LogP contribution in [0.4, 0.5) is 0 Å². The number of Topliss-reactive ketones (excluding diaryl/α,β-unsaturated/α-hetero) is 1. The molecule has 0 bridgehead atoms. The smallest absolute Gasteiger partial charge is 0.227 e. The fourth-order valence-corrected chi connectivity index (χ4v) is 1.88. The van der Waals surface area contributed by atoms with Crippen molar-refractivity contribution in [3.05, 3.63) is 35.9 Å². The molecule has 3 heteroatoms. The molecule has 0 radical (unpaired) electrons. The highest BCUT2D eigenvalue weighted by atomic mass is 16.2. The van der Waals surface area contributed by atoms with E-state index in [-0.39, 0.29) is 24.2 Å². The summed E-state index contributed by atoms with van der Waals surface area (Å²) in [4.78, 5) is 22.4. The van der Waals surface area contributed by atoms with Gasteiger partial charge in [-0.05, 0) is 12.0 Å². The van der Waals surface area contributed by atoms with Crippen LogP contribution in [-0.4, -0.2) is 17.7 Å². The molecule has 15 heavy (non-hydrogen) atoms. The van der Waals surface area contributed by atoms with E-state index in [0.717, 1.165) is 12.0 Å². The van der Waals surface area contributed by atoms with Gasteiger partial charge >= 0.3 is 0 Å². The molecule has 1 amide bonds.